The van der Waals surface area contributed by atoms with Gasteiger partial charge < -0.3 is 5.32 Å². The molecular formula is C8H13NO. The van der Waals surface area contributed by atoms with E-state index in [9.17, 15) is 4.79 Å². The molecule has 1 N–H and O–H groups in total. The molecule has 0 aromatic rings. The number of carbonyl (C=O) groups is 1. The van der Waals surface area contributed by atoms with Crippen LogP contribution in [0.15, 0.2) is 0 Å². The second-order valence-corrected chi connectivity index (χ2v) is 3.55. The molecule has 0 bridgehead atoms. The molecule has 10 heavy (non-hydrogen) atoms. The number of hydrogen-bond acceptors (Lipinski definition) is 1. The molecule has 2 rings (SSSR count). The van der Waals surface area contributed by atoms with Crippen molar-refractivity contribution in [3.8, 4) is 0 Å². The van der Waals surface area contributed by atoms with Gasteiger partial charge >= 0.3 is 0 Å². The highest BCUT2D eigenvalue weighted by molar-refractivity contribution is 5.78. The maximum atomic E-state index is 10.7. The Hall–Kier alpha value is -0.530. The standard InChI is InChI=1S/C8H13NO/c10-8-4-7(5-9-8)3-6-1-2-6/h6-7H,1-5H2,(H,9,10). The van der Waals surface area contributed by atoms with Crippen LogP contribution in [0.3, 0.4) is 0 Å². The summed E-state index contributed by atoms with van der Waals surface area (Å²) in [6.07, 6.45) is 4.89. The minimum absolute atomic E-state index is 0.255. The van der Waals surface area contributed by atoms with Crippen LogP contribution >= 0.6 is 0 Å². The molecule has 2 aliphatic rings. The second kappa shape index (κ2) is 2.26. The van der Waals surface area contributed by atoms with Crippen LogP contribution in [-0.4, -0.2) is 12.5 Å². The molecule has 2 heteroatoms. The molecule has 1 aliphatic heterocycles. The summed E-state index contributed by atoms with van der Waals surface area (Å²) >= 11 is 0. The fraction of sp³-hybridized carbons (Fsp3) is 0.875. The Kier molecular flexibility index (Phi) is 1.40. The van der Waals surface area contributed by atoms with Crippen molar-refractivity contribution in [2.24, 2.45) is 11.8 Å². The van der Waals surface area contributed by atoms with Gasteiger partial charge in [-0.2, -0.15) is 0 Å². The minimum atomic E-state index is 0.255. The maximum Gasteiger partial charge on any atom is 0.220 e. The Morgan fingerprint density at radius 1 is 1.40 bits per heavy atom. The van der Waals surface area contributed by atoms with E-state index in [1.807, 2.05) is 0 Å². The van der Waals surface area contributed by atoms with E-state index in [1.54, 1.807) is 0 Å². The zero-order chi connectivity index (χ0) is 6.97. The average molecular weight is 139 g/mol. The van der Waals surface area contributed by atoms with Gasteiger partial charge in [-0.3, -0.25) is 4.79 Å². The van der Waals surface area contributed by atoms with Crippen molar-refractivity contribution in [1.82, 2.24) is 5.32 Å². The monoisotopic (exact) mass is 139 g/mol. The third-order valence-corrected chi connectivity index (χ3v) is 2.43. The van der Waals surface area contributed by atoms with E-state index < -0.39 is 0 Å². The molecule has 2 nitrogen and oxygen atoms in total. The first kappa shape index (κ1) is 6.20. The van der Waals surface area contributed by atoms with Gasteiger partial charge in [-0.05, 0) is 18.3 Å². The first-order chi connectivity index (χ1) is 4.84. The number of amides is 1. The van der Waals surface area contributed by atoms with Crippen molar-refractivity contribution in [1.29, 1.82) is 0 Å². The van der Waals surface area contributed by atoms with Crippen molar-refractivity contribution < 1.29 is 4.79 Å². The van der Waals surface area contributed by atoms with Gasteiger partial charge in [0.2, 0.25) is 5.91 Å². The summed E-state index contributed by atoms with van der Waals surface area (Å²) in [6, 6.07) is 0. The molecule has 56 valence electrons. The van der Waals surface area contributed by atoms with Gasteiger partial charge in [-0.25, -0.2) is 0 Å². The van der Waals surface area contributed by atoms with Crippen LogP contribution < -0.4 is 5.32 Å². The predicted molar refractivity (Wildman–Crippen MR) is 38.5 cm³/mol. The predicted octanol–water partition coefficient (Wildman–Crippen LogP) is 0.923. The summed E-state index contributed by atoms with van der Waals surface area (Å²) in [7, 11) is 0. The lowest BCUT2D eigenvalue weighted by Gasteiger charge is -2.02. The number of nitrogens with one attached hydrogen (secondary N) is 1. The summed E-state index contributed by atoms with van der Waals surface area (Å²) in [5, 5.41) is 2.86. The van der Waals surface area contributed by atoms with Crippen molar-refractivity contribution in [2.45, 2.75) is 25.7 Å². The van der Waals surface area contributed by atoms with E-state index in [2.05, 4.69) is 5.32 Å². The molecule has 0 aromatic heterocycles. The van der Waals surface area contributed by atoms with E-state index in [-0.39, 0.29) is 5.91 Å². The van der Waals surface area contributed by atoms with Crippen molar-refractivity contribution in [3.05, 3.63) is 0 Å². The minimum Gasteiger partial charge on any atom is -0.356 e. The molecule has 0 radical (unpaired) electrons. The topological polar surface area (TPSA) is 29.1 Å². The molecule has 1 atom stereocenters. The molecule has 2 fully saturated rings. The first-order valence-electron chi connectivity index (χ1n) is 4.11. The van der Waals surface area contributed by atoms with Crippen molar-refractivity contribution in [2.75, 3.05) is 6.54 Å². The summed E-state index contributed by atoms with van der Waals surface area (Å²) in [4.78, 5) is 10.7. The van der Waals surface area contributed by atoms with Gasteiger partial charge in [0.05, 0.1) is 0 Å². The second-order valence-electron chi connectivity index (χ2n) is 3.55. The van der Waals surface area contributed by atoms with Crippen LogP contribution in [-0.2, 0) is 4.79 Å². The van der Waals surface area contributed by atoms with Crippen LogP contribution in [0, 0.1) is 11.8 Å². The van der Waals surface area contributed by atoms with Gasteiger partial charge in [-0.15, -0.1) is 0 Å². The molecule has 0 spiro atoms. The Bertz CT molecular complexity index is 151. The third-order valence-electron chi connectivity index (χ3n) is 2.43. The molecule has 0 aromatic carbocycles. The van der Waals surface area contributed by atoms with Gasteiger partial charge in [0, 0.05) is 13.0 Å². The number of hydrogen-bond donors (Lipinski definition) is 1. The summed E-state index contributed by atoms with van der Waals surface area (Å²) in [6.45, 7) is 0.940. The van der Waals surface area contributed by atoms with Crippen LogP contribution in [0.1, 0.15) is 25.7 Å². The van der Waals surface area contributed by atoms with Gasteiger partial charge in [0.15, 0.2) is 0 Å². The Morgan fingerprint density at radius 2 is 2.20 bits per heavy atom. The highest BCUT2D eigenvalue weighted by Crippen LogP contribution is 2.36. The van der Waals surface area contributed by atoms with E-state index in [1.165, 1.54) is 19.3 Å². The van der Waals surface area contributed by atoms with Gasteiger partial charge in [0.1, 0.15) is 0 Å². The summed E-state index contributed by atoms with van der Waals surface area (Å²) in [5.41, 5.74) is 0. The van der Waals surface area contributed by atoms with E-state index in [0.717, 1.165) is 18.9 Å². The maximum absolute atomic E-state index is 10.7. The van der Waals surface area contributed by atoms with Crippen molar-refractivity contribution >= 4 is 5.91 Å². The molecule has 1 aliphatic carbocycles. The fourth-order valence-corrected chi connectivity index (χ4v) is 1.66. The quantitative estimate of drug-likeness (QED) is 0.605. The lowest BCUT2D eigenvalue weighted by molar-refractivity contribution is -0.119. The lowest BCUT2D eigenvalue weighted by atomic mass is 10.0. The fourth-order valence-electron chi connectivity index (χ4n) is 1.66. The Morgan fingerprint density at radius 3 is 2.70 bits per heavy atom. The van der Waals surface area contributed by atoms with Crippen LogP contribution in [0.25, 0.3) is 0 Å². The normalized spacial score (nSPS) is 32.4. The highest BCUT2D eigenvalue weighted by atomic mass is 16.1. The van der Waals surface area contributed by atoms with Crippen LogP contribution in [0.5, 0.6) is 0 Å². The molecule has 1 saturated heterocycles. The number of carbonyl (C=O) groups excluding carboxylic acids is 1. The molecule has 1 unspecified atom stereocenters. The number of rotatable bonds is 2. The third kappa shape index (κ3) is 1.31. The van der Waals surface area contributed by atoms with Gasteiger partial charge in [-0.1, -0.05) is 12.8 Å². The molecule has 1 heterocycles. The van der Waals surface area contributed by atoms with Crippen molar-refractivity contribution in [3.63, 3.8) is 0 Å². The molecular weight excluding hydrogens is 126 g/mol. The van der Waals surface area contributed by atoms with Crippen LogP contribution in [0.2, 0.25) is 0 Å². The Balaban J connectivity index is 1.77. The van der Waals surface area contributed by atoms with Gasteiger partial charge in [0.25, 0.3) is 0 Å². The summed E-state index contributed by atoms with van der Waals surface area (Å²) in [5.74, 6) is 1.89. The first-order valence-corrected chi connectivity index (χ1v) is 4.11. The van der Waals surface area contributed by atoms with E-state index >= 15 is 0 Å². The lowest BCUT2D eigenvalue weighted by Crippen LogP contribution is -2.13. The van der Waals surface area contributed by atoms with E-state index in [0.29, 0.717) is 5.92 Å². The zero-order valence-electron chi connectivity index (χ0n) is 6.10. The molecule has 1 amide bonds. The zero-order valence-corrected chi connectivity index (χ0v) is 6.10. The summed E-state index contributed by atoms with van der Waals surface area (Å²) < 4.78 is 0. The largest absolute Gasteiger partial charge is 0.356 e. The smallest absolute Gasteiger partial charge is 0.220 e. The highest BCUT2D eigenvalue weighted by Gasteiger charge is 2.29. The Labute approximate surface area is 61.0 Å². The SMILES string of the molecule is O=C1CC(CC2CC2)CN1. The van der Waals surface area contributed by atoms with Crippen LogP contribution in [0.4, 0.5) is 0 Å². The average Bonchev–Trinajstić information content (AvgIpc) is 2.59. The van der Waals surface area contributed by atoms with E-state index in [4.69, 9.17) is 0 Å². The molecule has 1 saturated carbocycles.